The summed E-state index contributed by atoms with van der Waals surface area (Å²) in [6.07, 6.45) is 5.99. The van der Waals surface area contributed by atoms with Crippen molar-refractivity contribution in [2.24, 2.45) is 11.8 Å². The zero-order valence-corrected chi connectivity index (χ0v) is 11.2. The first-order valence-electron chi connectivity index (χ1n) is 6.42. The molecule has 2 heteroatoms. The molecule has 0 radical (unpaired) electrons. The Hall–Kier alpha value is 0.310. The van der Waals surface area contributed by atoms with Crippen molar-refractivity contribution in [2.75, 3.05) is 12.3 Å². The Kier molecular flexibility index (Phi) is 3.67. The number of hydrogen-bond donors (Lipinski definition) is 1. The third-order valence-corrected chi connectivity index (χ3v) is 5.06. The summed E-state index contributed by atoms with van der Waals surface area (Å²) in [6.45, 7) is 8.11. The summed E-state index contributed by atoms with van der Waals surface area (Å²) >= 11 is 2.07. The van der Waals surface area contributed by atoms with Crippen molar-refractivity contribution in [2.45, 2.75) is 57.2 Å². The molecule has 1 nitrogen and oxygen atoms in total. The highest BCUT2D eigenvalue weighted by Gasteiger charge is 2.38. The van der Waals surface area contributed by atoms with Crippen LogP contribution in [0, 0.1) is 11.8 Å². The fraction of sp³-hybridized carbons (Fsp3) is 1.00. The monoisotopic (exact) mass is 227 g/mol. The van der Waals surface area contributed by atoms with Crippen LogP contribution < -0.4 is 5.32 Å². The lowest BCUT2D eigenvalue weighted by molar-refractivity contribution is 0.359. The van der Waals surface area contributed by atoms with Gasteiger partial charge >= 0.3 is 0 Å². The van der Waals surface area contributed by atoms with Gasteiger partial charge in [-0.3, -0.25) is 0 Å². The third-order valence-electron chi connectivity index (χ3n) is 3.78. The fourth-order valence-electron chi connectivity index (χ4n) is 3.10. The van der Waals surface area contributed by atoms with Crippen molar-refractivity contribution in [1.82, 2.24) is 5.32 Å². The molecular formula is C13H25NS. The smallest absolute Gasteiger partial charge is 0.00984 e. The standard InChI is InChI=1S/C13H25NS/c1-13(2,3)15-7-6-14-12-9-10-4-5-11(12)8-10/h10-12,14H,4-9H2,1-3H3. The quantitative estimate of drug-likeness (QED) is 0.740. The molecule has 15 heavy (non-hydrogen) atoms. The van der Waals surface area contributed by atoms with Gasteiger partial charge in [-0.2, -0.15) is 11.8 Å². The van der Waals surface area contributed by atoms with E-state index >= 15 is 0 Å². The highest BCUT2D eigenvalue weighted by atomic mass is 32.2. The summed E-state index contributed by atoms with van der Waals surface area (Å²) in [5, 5.41) is 3.76. The van der Waals surface area contributed by atoms with Crippen LogP contribution in [0.3, 0.4) is 0 Å². The van der Waals surface area contributed by atoms with Crippen molar-refractivity contribution in [3.8, 4) is 0 Å². The molecule has 88 valence electrons. The van der Waals surface area contributed by atoms with Gasteiger partial charge in [-0.15, -0.1) is 0 Å². The molecule has 2 fully saturated rings. The van der Waals surface area contributed by atoms with Crippen LogP contribution in [0.2, 0.25) is 0 Å². The SMILES string of the molecule is CC(C)(C)SCCNC1CC2CCC1C2. The lowest BCUT2D eigenvalue weighted by Gasteiger charge is -2.24. The van der Waals surface area contributed by atoms with Gasteiger partial charge in [0.15, 0.2) is 0 Å². The molecule has 2 rings (SSSR count). The van der Waals surface area contributed by atoms with Crippen molar-refractivity contribution < 1.29 is 0 Å². The van der Waals surface area contributed by atoms with E-state index in [4.69, 9.17) is 0 Å². The van der Waals surface area contributed by atoms with Gasteiger partial charge in [0.25, 0.3) is 0 Å². The Labute approximate surface area is 98.8 Å². The molecule has 0 amide bonds. The number of rotatable bonds is 4. The average Bonchev–Trinajstić information content (AvgIpc) is 2.71. The molecular weight excluding hydrogens is 202 g/mol. The molecule has 2 bridgehead atoms. The number of hydrogen-bond acceptors (Lipinski definition) is 2. The van der Waals surface area contributed by atoms with E-state index in [1.807, 2.05) is 0 Å². The van der Waals surface area contributed by atoms with Crippen molar-refractivity contribution in [3.63, 3.8) is 0 Å². The average molecular weight is 227 g/mol. The Morgan fingerprint density at radius 3 is 2.53 bits per heavy atom. The van der Waals surface area contributed by atoms with Crippen molar-refractivity contribution in [1.29, 1.82) is 0 Å². The highest BCUT2D eigenvalue weighted by molar-refractivity contribution is 8.00. The van der Waals surface area contributed by atoms with Crippen LogP contribution in [0.1, 0.15) is 46.5 Å². The van der Waals surface area contributed by atoms with Crippen LogP contribution >= 0.6 is 11.8 Å². The lowest BCUT2D eigenvalue weighted by Crippen LogP contribution is -2.35. The molecule has 0 aromatic heterocycles. The van der Waals surface area contributed by atoms with E-state index in [1.54, 1.807) is 0 Å². The van der Waals surface area contributed by atoms with Crippen LogP contribution in [-0.2, 0) is 0 Å². The molecule has 2 aliphatic rings. The van der Waals surface area contributed by atoms with Gasteiger partial charge in [-0.05, 0) is 31.1 Å². The second-order valence-corrected chi connectivity index (χ2v) is 8.12. The van der Waals surface area contributed by atoms with Crippen LogP contribution in [0.15, 0.2) is 0 Å². The molecule has 0 aromatic rings. The lowest BCUT2D eigenvalue weighted by atomic mass is 9.95. The second-order valence-electron chi connectivity index (χ2n) is 6.20. The summed E-state index contributed by atoms with van der Waals surface area (Å²) < 4.78 is 0.427. The molecule has 2 saturated carbocycles. The summed E-state index contributed by atoms with van der Waals surface area (Å²) in [6, 6.07) is 0.865. The van der Waals surface area contributed by atoms with E-state index in [0.717, 1.165) is 17.9 Å². The van der Waals surface area contributed by atoms with Crippen molar-refractivity contribution in [3.05, 3.63) is 0 Å². The van der Waals surface area contributed by atoms with Crippen LogP contribution in [0.5, 0.6) is 0 Å². The van der Waals surface area contributed by atoms with Crippen molar-refractivity contribution >= 4 is 11.8 Å². The van der Waals surface area contributed by atoms with Crippen LogP contribution in [0.25, 0.3) is 0 Å². The van der Waals surface area contributed by atoms with E-state index in [2.05, 4.69) is 37.8 Å². The summed E-state index contributed by atoms with van der Waals surface area (Å²) in [4.78, 5) is 0. The molecule has 1 N–H and O–H groups in total. The maximum atomic E-state index is 3.76. The van der Waals surface area contributed by atoms with Gasteiger partial charge in [0.1, 0.15) is 0 Å². The minimum atomic E-state index is 0.427. The van der Waals surface area contributed by atoms with Gasteiger partial charge in [-0.1, -0.05) is 27.2 Å². The fourth-order valence-corrected chi connectivity index (χ4v) is 3.93. The van der Waals surface area contributed by atoms with Gasteiger partial charge < -0.3 is 5.32 Å². The first-order chi connectivity index (χ1) is 7.04. The van der Waals surface area contributed by atoms with E-state index in [-0.39, 0.29) is 0 Å². The Bertz CT molecular complexity index is 209. The zero-order valence-electron chi connectivity index (χ0n) is 10.4. The van der Waals surface area contributed by atoms with Crippen LogP contribution in [0.4, 0.5) is 0 Å². The maximum absolute atomic E-state index is 3.76. The van der Waals surface area contributed by atoms with E-state index in [1.165, 1.54) is 38.0 Å². The minimum Gasteiger partial charge on any atom is -0.313 e. The Morgan fingerprint density at radius 2 is 2.00 bits per heavy atom. The number of nitrogens with one attached hydrogen (secondary N) is 1. The first-order valence-corrected chi connectivity index (χ1v) is 7.40. The molecule has 2 aliphatic carbocycles. The first kappa shape index (κ1) is 11.8. The maximum Gasteiger partial charge on any atom is 0.00984 e. The second kappa shape index (κ2) is 4.67. The Morgan fingerprint density at radius 1 is 1.20 bits per heavy atom. The van der Waals surface area contributed by atoms with E-state index < -0.39 is 0 Å². The summed E-state index contributed by atoms with van der Waals surface area (Å²) in [7, 11) is 0. The molecule has 0 aliphatic heterocycles. The minimum absolute atomic E-state index is 0.427. The predicted octanol–water partition coefficient (Wildman–Crippen LogP) is 3.30. The summed E-state index contributed by atoms with van der Waals surface area (Å²) in [5.74, 6) is 3.36. The normalized spacial score (nSPS) is 35.0. The van der Waals surface area contributed by atoms with Gasteiger partial charge in [-0.25, -0.2) is 0 Å². The highest BCUT2D eigenvalue weighted by Crippen LogP contribution is 2.44. The van der Waals surface area contributed by atoms with Crippen LogP contribution in [-0.4, -0.2) is 23.1 Å². The molecule has 0 aromatic carbocycles. The zero-order chi connectivity index (χ0) is 10.9. The number of thioether (sulfide) groups is 1. The van der Waals surface area contributed by atoms with Gasteiger partial charge in [0, 0.05) is 23.1 Å². The topological polar surface area (TPSA) is 12.0 Å². The molecule has 0 saturated heterocycles. The molecule has 0 spiro atoms. The van der Waals surface area contributed by atoms with E-state index in [9.17, 15) is 0 Å². The van der Waals surface area contributed by atoms with Gasteiger partial charge in [0.2, 0.25) is 0 Å². The number of fused-ring (bicyclic) bond motifs is 2. The predicted molar refractivity (Wildman–Crippen MR) is 69.4 cm³/mol. The largest absolute Gasteiger partial charge is 0.313 e. The molecule has 0 heterocycles. The van der Waals surface area contributed by atoms with E-state index in [0.29, 0.717) is 4.75 Å². The third kappa shape index (κ3) is 3.39. The Balaban J connectivity index is 1.59. The molecule has 3 unspecified atom stereocenters. The molecule has 3 atom stereocenters. The summed E-state index contributed by atoms with van der Waals surface area (Å²) in [5.41, 5.74) is 0. The van der Waals surface area contributed by atoms with Gasteiger partial charge in [0.05, 0.1) is 0 Å².